The van der Waals surface area contributed by atoms with Crippen molar-refractivity contribution in [2.45, 2.75) is 19.6 Å². The minimum atomic E-state index is -0.711. The number of pyridine rings is 1. The SMILES string of the molecule is COc1ncccc1COc1ccc([C@@H](C)O)cc1F. The number of aliphatic hydroxyl groups excluding tert-OH is 1. The zero-order valence-corrected chi connectivity index (χ0v) is 11.3. The van der Waals surface area contributed by atoms with Crippen LogP contribution in [-0.2, 0) is 6.61 Å². The van der Waals surface area contributed by atoms with Crippen LogP contribution in [0.2, 0.25) is 0 Å². The molecule has 0 saturated carbocycles. The molecule has 0 unspecified atom stereocenters. The van der Waals surface area contributed by atoms with Crippen LogP contribution in [0.1, 0.15) is 24.2 Å². The highest BCUT2D eigenvalue weighted by molar-refractivity contribution is 5.31. The first kappa shape index (κ1) is 14.3. The average Bonchev–Trinajstić information content (AvgIpc) is 2.46. The standard InChI is InChI=1S/C15H16FNO3/c1-10(18)11-5-6-14(13(16)8-11)20-9-12-4-3-7-17-15(12)19-2/h3-8,10,18H,9H2,1-2H3/t10-/m1/s1. The second-order valence-electron chi connectivity index (χ2n) is 4.33. The van der Waals surface area contributed by atoms with Gasteiger partial charge in [-0.05, 0) is 36.8 Å². The summed E-state index contributed by atoms with van der Waals surface area (Å²) in [5.74, 6) is 0.0695. The van der Waals surface area contributed by atoms with Crippen molar-refractivity contribution in [2.24, 2.45) is 0 Å². The van der Waals surface area contributed by atoms with E-state index in [9.17, 15) is 9.50 Å². The summed E-state index contributed by atoms with van der Waals surface area (Å²) in [6, 6.07) is 7.95. The minimum Gasteiger partial charge on any atom is -0.486 e. The van der Waals surface area contributed by atoms with Gasteiger partial charge < -0.3 is 14.6 Å². The van der Waals surface area contributed by atoms with E-state index < -0.39 is 11.9 Å². The highest BCUT2D eigenvalue weighted by Crippen LogP contribution is 2.24. The summed E-state index contributed by atoms with van der Waals surface area (Å²) in [7, 11) is 1.52. The normalized spacial score (nSPS) is 12.0. The van der Waals surface area contributed by atoms with Crippen molar-refractivity contribution in [2.75, 3.05) is 7.11 Å². The molecule has 4 nitrogen and oxygen atoms in total. The molecular formula is C15H16FNO3. The van der Waals surface area contributed by atoms with Crippen molar-refractivity contribution in [3.63, 3.8) is 0 Å². The van der Waals surface area contributed by atoms with E-state index >= 15 is 0 Å². The summed E-state index contributed by atoms with van der Waals surface area (Å²) in [6.45, 7) is 1.73. The third-order valence-corrected chi connectivity index (χ3v) is 2.86. The third-order valence-electron chi connectivity index (χ3n) is 2.86. The number of aliphatic hydroxyl groups is 1. The van der Waals surface area contributed by atoms with Crippen LogP contribution >= 0.6 is 0 Å². The maximum atomic E-state index is 13.8. The monoisotopic (exact) mass is 277 g/mol. The molecule has 106 valence electrons. The molecular weight excluding hydrogens is 261 g/mol. The number of nitrogens with zero attached hydrogens (tertiary/aromatic N) is 1. The number of hydrogen-bond acceptors (Lipinski definition) is 4. The first-order valence-electron chi connectivity index (χ1n) is 6.20. The maximum absolute atomic E-state index is 13.8. The van der Waals surface area contributed by atoms with Crippen molar-refractivity contribution >= 4 is 0 Å². The van der Waals surface area contributed by atoms with E-state index in [0.717, 1.165) is 5.56 Å². The number of hydrogen-bond donors (Lipinski definition) is 1. The van der Waals surface area contributed by atoms with Gasteiger partial charge in [-0.25, -0.2) is 9.37 Å². The molecule has 1 aromatic heterocycles. The summed E-state index contributed by atoms with van der Waals surface area (Å²) in [4.78, 5) is 4.04. The first-order valence-corrected chi connectivity index (χ1v) is 6.20. The van der Waals surface area contributed by atoms with Crippen LogP contribution in [0.25, 0.3) is 0 Å². The molecule has 0 amide bonds. The lowest BCUT2D eigenvalue weighted by molar-refractivity contribution is 0.198. The molecule has 5 heteroatoms. The first-order chi connectivity index (χ1) is 9.61. The van der Waals surface area contributed by atoms with Gasteiger partial charge in [0.25, 0.3) is 0 Å². The topological polar surface area (TPSA) is 51.6 Å². The summed E-state index contributed by atoms with van der Waals surface area (Å²) >= 11 is 0. The van der Waals surface area contributed by atoms with Crippen LogP contribution in [0.3, 0.4) is 0 Å². The van der Waals surface area contributed by atoms with Gasteiger partial charge in [-0.1, -0.05) is 6.07 Å². The largest absolute Gasteiger partial charge is 0.486 e. The average molecular weight is 277 g/mol. The number of methoxy groups -OCH3 is 1. The molecule has 0 aliphatic carbocycles. The van der Waals surface area contributed by atoms with E-state index in [-0.39, 0.29) is 12.4 Å². The number of rotatable bonds is 5. The third kappa shape index (κ3) is 3.24. The molecule has 2 rings (SSSR count). The molecule has 1 atom stereocenters. The number of benzene rings is 1. The molecule has 1 N–H and O–H groups in total. The number of halogens is 1. The molecule has 0 fully saturated rings. The summed E-state index contributed by atoms with van der Waals surface area (Å²) < 4.78 is 24.3. The van der Waals surface area contributed by atoms with Gasteiger partial charge in [0.15, 0.2) is 11.6 Å². The Morgan fingerprint density at radius 3 is 2.80 bits per heavy atom. The lowest BCUT2D eigenvalue weighted by Gasteiger charge is -2.11. The summed E-state index contributed by atoms with van der Waals surface area (Å²) in [6.07, 6.45) is 0.900. The Labute approximate surface area is 116 Å². The quantitative estimate of drug-likeness (QED) is 0.913. The van der Waals surface area contributed by atoms with Crippen LogP contribution < -0.4 is 9.47 Å². The van der Waals surface area contributed by atoms with Gasteiger partial charge in [-0.15, -0.1) is 0 Å². The molecule has 0 aliphatic heterocycles. The van der Waals surface area contributed by atoms with Gasteiger partial charge in [-0.2, -0.15) is 0 Å². The lowest BCUT2D eigenvalue weighted by Crippen LogP contribution is -2.02. The number of ether oxygens (including phenoxy) is 2. The summed E-state index contributed by atoms with van der Waals surface area (Å²) in [5, 5.41) is 9.38. The van der Waals surface area contributed by atoms with Gasteiger partial charge in [0.2, 0.25) is 5.88 Å². The fraction of sp³-hybridized carbons (Fsp3) is 0.267. The van der Waals surface area contributed by atoms with Crippen molar-refractivity contribution in [1.82, 2.24) is 4.98 Å². The van der Waals surface area contributed by atoms with Gasteiger partial charge in [0.05, 0.1) is 18.8 Å². The molecule has 20 heavy (non-hydrogen) atoms. The van der Waals surface area contributed by atoms with E-state index in [1.807, 2.05) is 0 Å². The Morgan fingerprint density at radius 2 is 2.15 bits per heavy atom. The molecule has 0 spiro atoms. The van der Waals surface area contributed by atoms with Crippen LogP contribution in [0.15, 0.2) is 36.5 Å². The smallest absolute Gasteiger partial charge is 0.219 e. The molecule has 0 radical (unpaired) electrons. The van der Waals surface area contributed by atoms with Crippen molar-refractivity contribution in [1.29, 1.82) is 0 Å². The van der Waals surface area contributed by atoms with Crippen LogP contribution in [0, 0.1) is 5.82 Å². The fourth-order valence-electron chi connectivity index (χ4n) is 1.77. The molecule has 1 heterocycles. The summed E-state index contributed by atoms with van der Waals surface area (Å²) in [5.41, 5.74) is 1.24. The Kier molecular flexibility index (Phi) is 4.53. The fourth-order valence-corrected chi connectivity index (χ4v) is 1.77. The van der Waals surface area contributed by atoms with Gasteiger partial charge in [0, 0.05) is 6.20 Å². The van der Waals surface area contributed by atoms with Crippen molar-refractivity contribution in [3.05, 3.63) is 53.5 Å². The molecule has 1 aromatic carbocycles. The molecule has 0 bridgehead atoms. The van der Waals surface area contributed by atoms with Crippen molar-refractivity contribution in [3.8, 4) is 11.6 Å². The van der Waals surface area contributed by atoms with Gasteiger partial charge in [0.1, 0.15) is 6.61 Å². The zero-order chi connectivity index (χ0) is 14.5. The van der Waals surface area contributed by atoms with Crippen LogP contribution in [0.5, 0.6) is 11.6 Å². The van der Waals surface area contributed by atoms with Crippen LogP contribution in [-0.4, -0.2) is 17.2 Å². The van der Waals surface area contributed by atoms with Crippen LogP contribution in [0.4, 0.5) is 4.39 Å². The molecule has 0 saturated heterocycles. The Morgan fingerprint density at radius 1 is 1.35 bits per heavy atom. The van der Waals surface area contributed by atoms with E-state index in [0.29, 0.717) is 11.4 Å². The lowest BCUT2D eigenvalue weighted by atomic mass is 10.1. The van der Waals surface area contributed by atoms with Crippen molar-refractivity contribution < 1.29 is 19.0 Å². The van der Waals surface area contributed by atoms with E-state index in [1.54, 1.807) is 31.3 Å². The predicted molar refractivity (Wildman–Crippen MR) is 72.2 cm³/mol. The molecule has 2 aromatic rings. The minimum absolute atomic E-state index is 0.125. The maximum Gasteiger partial charge on any atom is 0.219 e. The number of aromatic nitrogens is 1. The second-order valence-corrected chi connectivity index (χ2v) is 4.33. The Balaban J connectivity index is 2.11. The molecule has 0 aliphatic rings. The van der Waals surface area contributed by atoms with Gasteiger partial charge >= 0.3 is 0 Å². The predicted octanol–water partition coefficient (Wildman–Crippen LogP) is 2.86. The Bertz CT molecular complexity index is 587. The Hall–Kier alpha value is -2.14. The zero-order valence-electron chi connectivity index (χ0n) is 11.3. The van der Waals surface area contributed by atoms with Gasteiger partial charge in [-0.3, -0.25) is 0 Å². The highest BCUT2D eigenvalue weighted by atomic mass is 19.1. The van der Waals surface area contributed by atoms with E-state index in [1.165, 1.54) is 19.2 Å². The van der Waals surface area contributed by atoms with E-state index in [4.69, 9.17) is 9.47 Å². The second kappa shape index (κ2) is 6.34. The van der Waals surface area contributed by atoms with E-state index in [2.05, 4.69) is 4.98 Å². The highest BCUT2D eigenvalue weighted by Gasteiger charge is 2.10.